The second-order valence-corrected chi connectivity index (χ2v) is 4.73. The molecule has 0 atom stereocenters. The molecule has 0 aromatic heterocycles. The first-order valence-corrected chi connectivity index (χ1v) is 6.20. The molecule has 0 unspecified atom stereocenters. The Kier molecular flexibility index (Phi) is 2.82. The lowest BCUT2D eigenvalue weighted by Crippen LogP contribution is -2.08. The van der Waals surface area contributed by atoms with Gasteiger partial charge in [0.05, 0.1) is 0 Å². The van der Waals surface area contributed by atoms with E-state index >= 15 is 0 Å². The molecule has 0 spiro atoms. The van der Waals surface area contributed by atoms with Gasteiger partial charge in [0.25, 0.3) is 0 Å². The molecule has 102 valence electrons. The van der Waals surface area contributed by atoms with Crippen LogP contribution in [0.25, 0.3) is 22.3 Å². The van der Waals surface area contributed by atoms with Gasteiger partial charge in [0.15, 0.2) is 11.6 Å². The van der Waals surface area contributed by atoms with Gasteiger partial charge in [-0.1, -0.05) is 18.2 Å². The standard InChI is InChI=1S/C16H11F3O/c1-2-3-4-8-5-6-9-10-7-11(20)15(18)16(19)13(10)12(9)14(8)17/h2,5-7,20H,1,3-4H2. The topological polar surface area (TPSA) is 20.2 Å². The summed E-state index contributed by atoms with van der Waals surface area (Å²) in [6.45, 7) is 3.57. The van der Waals surface area contributed by atoms with Crippen molar-refractivity contribution in [1.29, 1.82) is 0 Å². The number of aromatic hydroxyl groups is 1. The van der Waals surface area contributed by atoms with E-state index in [1.807, 2.05) is 0 Å². The summed E-state index contributed by atoms with van der Waals surface area (Å²) in [5.41, 5.74) is 1.29. The van der Waals surface area contributed by atoms with Gasteiger partial charge >= 0.3 is 0 Å². The maximum atomic E-state index is 14.3. The predicted molar refractivity (Wildman–Crippen MR) is 70.9 cm³/mol. The van der Waals surface area contributed by atoms with Crippen LogP contribution in [0.3, 0.4) is 0 Å². The Morgan fingerprint density at radius 1 is 1.00 bits per heavy atom. The number of fused-ring (bicyclic) bond motifs is 4. The molecule has 0 amide bonds. The zero-order valence-corrected chi connectivity index (χ0v) is 10.5. The van der Waals surface area contributed by atoms with Crippen molar-refractivity contribution in [1.82, 2.24) is 0 Å². The number of phenols is 1. The van der Waals surface area contributed by atoms with Crippen molar-refractivity contribution >= 4 is 0 Å². The summed E-state index contributed by atoms with van der Waals surface area (Å²) < 4.78 is 41.5. The molecule has 0 aliphatic heterocycles. The van der Waals surface area contributed by atoms with E-state index in [-0.39, 0.29) is 11.1 Å². The zero-order chi connectivity index (χ0) is 14.4. The zero-order valence-electron chi connectivity index (χ0n) is 10.5. The van der Waals surface area contributed by atoms with Crippen LogP contribution >= 0.6 is 0 Å². The summed E-state index contributed by atoms with van der Waals surface area (Å²) in [5, 5.41) is 9.29. The normalized spacial score (nSPS) is 11.6. The molecule has 0 fully saturated rings. The van der Waals surface area contributed by atoms with Crippen molar-refractivity contribution in [3.63, 3.8) is 0 Å². The molecule has 1 aliphatic carbocycles. The van der Waals surface area contributed by atoms with Crippen LogP contribution in [0.1, 0.15) is 12.0 Å². The second-order valence-electron chi connectivity index (χ2n) is 4.73. The number of aryl methyl sites for hydroxylation is 1. The monoisotopic (exact) mass is 276 g/mol. The van der Waals surface area contributed by atoms with Crippen molar-refractivity contribution < 1.29 is 18.3 Å². The number of phenolic OH excluding ortho intramolecular Hbond substituents is 1. The molecule has 0 heterocycles. The smallest absolute Gasteiger partial charge is 0.201 e. The third-order valence-corrected chi connectivity index (χ3v) is 3.57. The minimum Gasteiger partial charge on any atom is -0.505 e. The summed E-state index contributed by atoms with van der Waals surface area (Å²) in [6.07, 6.45) is 2.74. The van der Waals surface area contributed by atoms with E-state index in [0.717, 1.165) is 6.07 Å². The Labute approximate surface area is 114 Å². The molecule has 3 rings (SSSR count). The van der Waals surface area contributed by atoms with Crippen LogP contribution in [-0.2, 0) is 6.42 Å². The first-order valence-electron chi connectivity index (χ1n) is 6.20. The molecule has 0 bridgehead atoms. The Hall–Kier alpha value is -2.23. The van der Waals surface area contributed by atoms with Crippen LogP contribution < -0.4 is 0 Å². The van der Waals surface area contributed by atoms with Crippen molar-refractivity contribution in [3.05, 3.63) is 53.9 Å². The highest BCUT2D eigenvalue weighted by molar-refractivity contribution is 6.03. The van der Waals surface area contributed by atoms with Gasteiger partial charge in [-0.3, -0.25) is 0 Å². The third-order valence-electron chi connectivity index (χ3n) is 3.57. The number of hydrogen-bond acceptors (Lipinski definition) is 1. The summed E-state index contributed by atoms with van der Waals surface area (Å²) >= 11 is 0. The van der Waals surface area contributed by atoms with Crippen LogP contribution in [0.2, 0.25) is 0 Å². The number of benzene rings is 2. The van der Waals surface area contributed by atoms with Gasteiger partial charge in [-0.25, -0.2) is 8.78 Å². The van der Waals surface area contributed by atoms with E-state index in [9.17, 15) is 18.3 Å². The molecular weight excluding hydrogens is 265 g/mol. The molecule has 4 heteroatoms. The summed E-state index contributed by atoms with van der Waals surface area (Å²) in [5.74, 6) is -3.83. The predicted octanol–water partition coefficient (Wildman–Crippen LogP) is 4.58. The van der Waals surface area contributed by atoms with Crippen LogP contribution in [0, 0.1) is 17.5 Å². The maximum absolute atomic E-state index is 14.3. The molecule has 1 nitrogen and oxygen atoms in total. The van der Waals surface area contributed by atoms with Gasteiger partial charge in [0.2, 0.25) is 5.82 Å². The van der Waals surface area contributed by atoms with E-state index in [1.165, 1.54) is 0 Å². The van der Waals surface area contributed by atoms with E-state index in [2.05, 4.69) is 6.58 Å². The fraction of sp³-hybridized carbons (Fsp3) is 0.125. The molecule has 2 aromatic carbocycles. The quantitative estimate of drug-likeness (QED) is 0.694. The highest BCUT2D eigenvalue weighted by atomic mass is 19.2. The number of allylic oxidation sites excluding steroid dienone is 1. The van der Waals surface area contributed by atoms with Crippen molar-refractivity contribution in [2.75, 3.05) is 0 Å². The van der Waals surface area contributed by atoms with Crippen molar-refractivity contribution in [3.8, 4) is 28.0 Å². The van der Waals surface area contributed by atoms with Crippen LogP contribution in [0.5, 0.6) is 5.75 Å². The SMILES string of the molecule is C=CCCc1ccc2c(c1F)-c1c-2cc(O)c(F)c1F. The number of rotatable bonds is 3. The minimum absolute atomic E-state index is 0.0896. The average molecular weight is 276 g/mol. The minimum atomic E-state index is -1.34. The molecule has 1 aliphatic rings. The Morgan fingerprint density at radius 3 is 2.40 bits per heavy atom. The van der Waals surface area contributed by atoms with Crippen molar-refractivity contribution in [2.24, 2.45) is 0 Å². The second kappa shape index (κ2) is 4.40. The fourth-order valence-corrected chi connectivity index (χ4v) is 2.55. The summed E-state index contributed by atoms with van der Waals surface area (Å²) in [4.78, 5) is 0. The molecular formula is C16H11F3O. The molecule has 0 saturated heterocycles. The summed E-state index contributed by atoms with van der Waals surface area (Å²) in [7, 11) is 0. The van der Waals surface area contributed by atoms with Gasteiger partial charge in [0, 0.05) is 11.1 Å². The van der Waals surface area contributed by atoms with E-state index < -0.39 is 23.2 Å². The first-order chi connectivity index (χ1) is 9.56. The number of halogens is 3. The molecule has 0 saturated carbocycles. The van der Waals surface area contributed by atoms with Gasteiger partial charge < -0.3 is 5.11 Å². The van der Waals surface area contributed by atoms with Crippen LogP contribution in [0.15, 0.2) is 30.9 Å². The van der Waals surface area contributed by atoms with E-state index in [1.54, 1.807) is 18.2 Å². The van der Waals surface area contributed by atoms with E-state index in [4.69, 9.17) is 0 Å². The van der Waals surface area contributed by atoms with Gasteiger partial charge in [-0.05, 0) is 35.6 Å². The molecule has 2 aromatic rings. The Balaban J connectivity index is 2.16. The summed E-state index contributed by atoms with van der Waals surface area (Å²) in [6, 6.07) is 4.41. The van der Waals surface area contributed by atoms with Crippen LogP contribution in [0.4, 0.5) is 13.2 Å². The van der Waals surface area contributed by atoms with Crippen molar-refractivity contribution in [2.45, 2.75) is 12.8 Å². The van der Waals surface area contributed by atoms with Gasteiger partial charge in [0.1, 0.15) is 5.82 Å². The Morgan fingerprint density at radius 2 is 1.70 bits per heavy atom. The third kappa shape index (κ3) is 1.57. The largest absolute Gasteiger partial charge is 0.505 e. The van der Waals surface area contributed by atoms with E-state index in [0.29, 0.717) is 29.5 Å². The first kappa shape index (κ1) is 12.8. The Bertz CT molecular complexity index is 735. The maximum Gasteiger partial charge on any atom is 0.201 e. The highest BCUT2D eigenvalue weighted by Crippen LogP contribution is 2.52. The fourth-order valence-electron chi connectivity index (χ4n) is 2.55. The average Bonchev–Trinajstić information content (AvgIpc) is 2.42. The molecule has 20 heavy (non-hydrogen) atoms. The van der Waals surface area contributed by atoms with Gasteiger partial charge in [-0.15, -0.1) is 6.58 Å². The molecule has 1 N–H and O–H groups in total. The lowest BCUT2D eigenvalue weighted by Gasteiger charge is -2.26. The highest BCUT2D eigenvalue weighted by Gasteiger charge is 2.33. The van der Waals surface area contributed by atoms with Crippen LogP contribution in [-0.4, -0.2) is 5.11 Å². The molecule has 0 radical (unpaired) electrons. The lowest BCUT2D eigenvalue weighted by atomic mass is 9.78. The van der Waals surface area contributed by atoms with Gasteiger partial charge in [-0.2, -0.15) is 4.39 Å². The lowest BCUT2D eigenvalue weighted by molar-refractivity contribution is 0.408. The number of hydrogen-bond donors (Lipinski definition) is 1.